The first-order valence-corrected chi connectivity index (χ1v) is 10.8. The second-order valence-electron chi connectivity index (χ2n) is 8.06. The number of halogens is 3. The topological polar surface area (TPSA) is 76.6 Å². The molecule has 2 aliphatic heterocycles. The number of ether oxygens (including phenoxy) is 2. The molecule has 2 aromatic heterocycles. The zero-order valence-electron chi connectivity index (χ0n) is 18.0. The Balaban J connectivity index is 1.49. The predicted molar refractivity (Wildman–Crippen MR) is 118 cm³/mol. The number of nitrogens with zero attached hydrogens (tertiary/aromatic N) is 3. The fraction of sp³-hybridized carbons (Fsp3) is 0.292. The van der Waals surface area contributed by atoms with Crippen molar-refractivity contribution < 1.29 is 27.4 Å². The molecule has 1 aromatic carbocycles. The van der Waals surface area contributed by atoms with Gasteiger partial charge in [-0.2, -0.15) is 0 Å². The van der Waals surface area contributed by atoms with Crippen LogP contribution in [0.1, 0.15) is 28.8 Å². The Morgan fingerprint density at radius 2 is 1.85 bits per heavy atom. The van der Waals surface area contributed by atoms with E-state index in [4.69, 9.17) is 9.47 Å². The molecule has 4 heterocycles. The minimum absolute atomic E-state index is 0.0568. The van der Waals surface area contributed by atoms with Crippen molar-refractivity contribution in [2.24, 2.45) is 0 Å². The molecule has 0 saturated carbocycles. The number of nitrogens with one attached hydrogen (secondary N) is 1. The second kappa shape index (κ2) is 9.03. The summed E-state index contributed by atoms with van der Waals surface area (Å²) in [5.74, 6) is -3.76. The van der Waals surface area contributed by atoms with Gasteiger partial charge in [-0.3, -0.25) is 9.78 Å². The number of rotatable bonds is 5. The molecule has 5 rings (SSSR count). The van der Waals surface area contributed by atoms with Gasteiger partial charge >= 0.3 is 0 Å². The molecule has 2 saturated heterocycles. The van der Waals surface area contributed by atoms with E-state index >= 15 is 0 Å². The van der Waals surface area contributed by atoms with E-state index in [9.17, 15) is 18.0 Å². The van der Waals surface area contributed by atoms with Gasteiger partial charge < -0.3 is 19.7 Å². The van der Waals surface area contributed by atoms with Crippen molar-refractivity contribution in [3.8, 4) is 11.1 Å². The van der Waals surface area contributed by atoms with E-state index < -0.39 is 30.5 Å². The zero-order chi connectivity index (χ0) is 23.7. The van der Waals surface area contributed by atoms with Crippen LogP contribution in [0.5, 0.6) is 0 Å². The van der Waals surface area contributed by atoms with Gasteiger partial charge in [0.25, 0.3) is 11.8 Å². The van der Waals surface area contributed by atoms with Crippen LogP contribution in [-0.4, -0.2) is 48.1 Å². The molecule has 1 amide bonds. The monoisotopic (exact) mass is 470 g/mol. The Labute approximate surface area is 193 Å². The molecule has 2 aliphatic rings. The van der Waals surface area contributed by atoms with Gasteiger partial charge in [-0.05, 0) is 24.3 Å². The van der Waals surface area contributed by atoms with Crippen molar-refractivity contribution in [2.45, 2.75) is 18.6 Å². The normalized spacial score (nSPS) is 17.8. The van der Waals surface area contributed by atoms with Gasteiger partial charge in [-0.25, -0.2) is 18.2 Å². The molecule has 10 heteroatoms. The second-order valence-corrected chi connectivity index (χ2v) is 8.06. The molecule has 3 aromatic rings. The minimum atomic E-state index is -2.87. The molecular weight excluding hydrogens is 449 g/mol. The summed E-state index contributed by atoms with van der Waals surface area (Å²) in [6.45, 7) is 0.446. The Morgan fingerprint density at radius 3 is 2.53 bits per heavy atom. The smallest absolute Gasteiger partial charge is 0.266 e. The van der Waals surface area contributed by atoms with Crippen LogP contribution >= 0.6 is 0 Å². The molecular formula is C24H21F3N4O3. The highest BCUT2D eigenvalue weighted by atomic mass is 19.3. The highest BCUT2D eigenvalue weighted by Gasteiger charge is 2.40. The Morgan fingerprint density at radius 1 is 1.06 bits per heavy atom. The first-order valence-electron chi connectivity index (χ1n) is 10.8. The van der Waals surface area contributed by atoms with Crippen molar-refractivity contribution in [3.05, 3.63) is 71.9 Å². The van der Waals surface area contributed by atoms with Gasteiger partial charge in [-0.15, -0.1) is 0 Å². The highest BCUT2D eigenvalue weighted by Crippen LogP contribution is 2.39. The first-order chi connectivity index (χ1) is 16.4. The third-order valence-corrected chi connectivity index (χ3v) is 5.71. The summed E-state index contributed by atoms with van der Waals surface area (Å²) in [5, 5.41) is 2.76. The van der Waals surface area contributed by atoms with E-state index in [1.165, 1.54) is 23.4 Å². The lowest BCUT2D eigenvalue weighted by molar-refractivity contribution is -0.0473. The average molecular weight is 470 g/mol. The summed E-state index contributed by atoms with van der Waals surface area (Å²) in [6.07, 6.45) is 1.88. The summed E-state index contributed by atoms with van der Waals surface area (Å²) in [7, 11) is 0. The standard InChI is InChI=1S/C24H21F3N4O3/c25-18-4-2-1-3-16(18)17-7-9-28-21(31-10-8-24(26,27)14-31)20(17)30-22(32)15-5-6-19(29-13-15)23-33-11-12-34-23/h1-7,9,13,23H,8,10-12,14H2,(H,30,32). The SMILES string of the molecule is O=C(Nc1c(-c2ccccc2F)ccnc1N1CCC(F)(F)C1)c1ccc(C2OCCO2)nc1. The van der Waals surface area contributed by atoms with Gasteiger partial charge in [-0.1, -0.05) is 18.2 Å². The summed E-state index contributed by atoms with van der Waals surface area (Å²) in [5.41, 5.74) is 1.47. The average Bonchev–Trinajstić information content (AvgIpc) is 3.49. The number of benzene rings is 1. The molecule has 7 nitrogen and oxygen atoms in total. The van der Waals surface area contributed by atoms with E-state index in [0.717, 1.165) is 0 Å². The van der Waals surface area contributed by atoms with Crippen molar-refractivity contribution >= 4 is 17.4 Å². The van der Waals surface area contributed by atoms with Crippen LogP contribution in [0.15, 0.2) is 54.9 Å². The van der Waals surface area contributed by atoms with E-state index in [2.05, 4.69) is 15.3 Å². The Bertz CT molecular complexity index is 1200. The van der Waals surface area contributed by atoms with Gasteiger partial charge in [0.15, 0.2) is 5.82 Å². The van der Waals surface area contributed by atoms with Gasteiger partial charge in [0, 0.05) is 36.5 Å². The quantitative estimate of drug-likeness (QED) is 0.595. The van der Waals surface area contributed by atoms with Gasteiger partial charge in [0.05, 0.1) is 36.7 Å². The van der Waals surface area contributed by atoms with Crippen LogP contribution in [0.4, 0.5) is 24.7 Å². The summed E-state index contributed by atoms with van der Waals surface area (Å²) in [6, 6.07) is 10.8. The van der Waals surface area contributed by atoms with Crippen LogP contribution in [0.2, 0.25) is 0 Å². The van der Waals surface area contributed by atoms with Crippen LogP contribution in [0.25, 0.3) is 11.1 Å². The summed E-state index contributed by atoms with van der Waals surface area (Å²) >= 11 is 0. The lowest BCUT2D eigenvalue weighted by Gasteiger charge is -2.23. The van der Waals surface area contributed by atoms with Crippen molar-refractivity contribution in [1.29, 1.82) is 0 Å². The fourth-order valence-electron chi connectivity index (χ4n) is 4.03. The maximum atomic E-state index is 14.6. The predicted octanol–water partition coefficient (Wildman–Crippen LogP) is 4.43. The van der Waals surface area contributed by atoms with E-state index in [0.29, 0.717) is 24.5 Å². The zero-order valence-corrected chi connectivity index (χ0v) is 18.0. The molecule has 0 atom stereocenters. The molecule has 34 heavy (non-hydrogen) atoms. The van der Waals surface area contributed by atoms with Crippen molar-refractivity contribution in [1.82, 2.24) is 9.97 Å². The van der Waals surface area contributed by atoms with E-state index in [-0.39, 0.29) is 35.6 Å². The highest BCUT2D eigenvalue weighted by molar-refractivity contribution is 6.08. The largest absolute Gasteiger partial charge is 0.349 e. The Kier molecular flexibility index (Phi) is 5.93. The summed E-state index contributed by atoms with van der Waals surface area (Å²) < 4.78 is 53.3. The van der Waals surface area contributed by atoms with Crippen molar-refractivity contribution in [3.63, 3.8) is 0 Å². The van der Waals surface area contributed by atoms with Gasteiger partial charge in [0.2, 0.25) is 6.29 Å². The number of aromatic nitrogens is 2. The van der Waals surface area contributed by atoms with Crippen LogP contribution in [0, 0.1) is 5.82 Å². The molecule has 0 radical (unpaired) electrons. The number of anilines is 2. The van der Waals surface area contributed by atoms with E-state index in [1.807, 2.05) is 0 Å². The van der Waals surface area contributed by atoms with Crippen LogP contribution in [-0.2, 0) is 9.47 Å². The number of alkyl halides is 2. The lowest BCUT2D eigenvalue weighted by Crippen LogP contribution is -2.27. The summed E-state index contributed by atoms with van der Waals surface area (Å²) in [4.78, 5) is 23.0. The van der Waals surface area contributed by atoms with Crippen molar-refractivity contribution in [2.75, 3.05) is 36.5 Å². The van der Waals surface area contributed by atoms with Crippen LogP contribution < -0.4 is 10.2 Å². The van der Waals surface area contributed by atoms with Crippen LogP contribution in [0.3, 0.4) is 0 Å². The third kappa shape index (κ3) is 4.46. The fourth-order valence-corrected chi connectivity index (χ4v) is 4.03. The molecule has 2 fully saturated rings. The molecule has 0 spiro atoms. The number of hydrogen-bond donors (Lipinski definition) is 1. The molecule has 176 valence electrons. The Hall–Kier alpha value is -3.50. The number of hydrogen-bond acceptors (Lipinski definition) is 6. The molecule has 0 unspecified atom stereocenters. The number of carbonyl (C=O) groups is 1. The third-order valence-electron chi connectivity index (χ3n) is 5.71. The molecule has 0 aliphatic carbocycles. The molecule has 0 bridgehead atoms. The maximum Gasteiger partial charge on any atom is 0.266 e. The maximum absolute atomic E-state index is 14.6. The number of pyridine rings is 2. The van der Waals surface area contributed by atoms with E-state index in [1.54, 1.807) is 36.4 Å². The first kappa shape index (κ1) is 22.3. The number of amides is 1. The lowest BCUT2D eigenvalue weighted by atomic mass is 10.0. The number of carbonyl (C=O) groups excluding carboxylic acids is 1. The minimum Gasteiger partial charge on any atom is -0.349 e. The van der Waals surface area contributed by atoms with Gasteiger partial charge in [0.1, 0.15) is 5.82 Å². The molecule has 1 N–H and O–H groups in total.